The van der Waals surface area contributed by atoms with Crippen LogP contribution in [0.4, 0.5) is 22.4 Å². The molecule has 1 aromatic carbocycles. The third-order valence-electron chi connectivity index (χ3n) is 5.08. The molecule has 0 atom stereocenters. The number of nitrogens with zero attached hydrogens (tertiary/aromatic N) is 2. The van der Waals surface area contributed by atoms with Crippen molar-refractivity contribution in [1.29, 1.82) is 0 Å². The van der Waals surface area contributed by atoms with Crippen LogP contribution in [-0.2, 0) is 16.1 Å². The SMILES string of the molecule is O=C(O)C(F)(F)F.O=C(OCc1ccccc1)N1CCN(CC2(F)CCNCC2)CC1. The molecule has 1 amide bonds. The summed E-state index contributed by atoms with van der Waals surface area (Å²) in [7, 11) is 0. The lowest BCUT2D eigenvalue weighted by atomic mass is 9.93. The maximum atomic E-state index is 14.7. The van der Waals surface area contributed by atoms with Crippen LogP contribution in [0, 0.1) is 0 Å². The van der Waals surface area contributed by atoms with Crippen molar-refractivity contribution in [2.75, 3.05) is 45.8 Å². The number of rotatable bonds is 4. The van der Waals surface area contributed by atoms with Gasteiger partial charge in [0.15, 0.2) is 0 Å². The monoisotopic (exact) mass is 449 g/mol. The zero-order valence-corrected chi connectivity index (χ0v) is 17.0. The number of aliphatic carboxylic acids is 1. The smallest absolute Gasteiger partial charge is 0.475 e. The lowest BCUT2D eigenvalue weighted by Gasteiger charge is -2.39. The summed E-state index contributed by atoms with van der Waals surface area (Å²) in [5.41, 5.74) is -0.101. The van der Waals surface area contributed by atoms with Gasteiger partial charge in [0.25, 0.3) is 0 Å². The average molecular weight is 449 g/mol. The second kappa shape index (κ2) is 11.3. The van der Waals surface area contributed by atoms with E-state index < -0.39 is 17.8 Å². The highest BCUT2D eigenvalue weighted by molar-refractivity contribution is 5.73. The van der Waals surface area contributed by atoms with E-state index in [1.165, 1.54) is 0 Å². The van der Waals surface area contributed by atoms with Crippen LogP contribution in [0.1, 0.15) is 18.4 Å². The van der Waals surface area contributed by atoms with Crippen molar-refractivity contribution in [2.45, 2.75) is 31.3 Å². The Hall–Kier alpha value is -2.40. The number of nitrogens with one attached hydrogen (secondary N) is 1. The van der Waals surface area contributed by atoms with Gasteiger partial charge in [-0.1, -0.05) is 30.3 Å². The number of piperidine rings is 1. The molecule has 1 aromatic rings. The molecule has 0 saturated carbocycles. The van der Waals surface area contributed by atoms with Gasteiger partial charge in [-0.3, -0.25) is 4.90 Å². The number of hydrogen-bond donors (Lipinski definition) is 2. The first-order valence-electron chi connectivity index (χ1n) is 9.97. The van der Waals surface area contributed by atoms with Gasteiger partial charge in [0.05, 0.1) is 0 Å². The number of benzene rings is 1. The van der Waals surface area contributed by atoms with Crippen molar-refractivity contribution in [1.82, 2.24) is 15.1 Å². The molecule has 0 aromatic heterocycles. The summed E-state index contributed by atoms with van der Waals surface area (Å²) >= 11 is 0. The lowest BCUT2D eigenvalue weighted by Crippen LogP contribution is -2.54. The molecule has 2 N–H and O–H groups in total. The molecule has 0 aliphatic carbocycles. The van der Waals surface area contributed by atoms with Crippen molar-refractivity contribution in [2.24, 2.45) is 0 Å². The highest BCUT2D eigenvalue weighted by Gasteiger charge is 2.38. The van der Waals surface area contributed by atoms with Crippen molar-refractivity contribution in [3.63, 3.8) is 0 Å². The number of hydrogen-bond acceptors (Lipinski definition) is 5. The highest BCUT2D eigenvalue weighted by atomic mass is 19.4. The maximum absolute atomic E-state index is 14.7. The van der Waals surface area contributed by atoms with Crippen molar-refractivity contribution in [3.05, 3.63) is 35.9 Å². The molecule has 174 valence electrons. The van der Waals surface area contributed by atoms with Gasteiger partial charge in [-0.25, -0.2) is 14.0 Å². The fourth-order valence-corrected chi connectivity index (χ4v) is 3.33. The minimum Gasteiger partial charge on any atom is -0.475 e. The number of amides is 1. The van der Waals surface area contributed by atoms with Gasteiger partial charge < -0.3 is 20.1 Å². The van der Waals surface area contributed by atoms with Crippen LogP contribution in [0.15, 0.2) is 30.3 Å². The topological polar surface area (TPSA) is 82.1 Å². The maximum Gasteiger partial charge on any atom is 0.490 e. The quantitative estimate of drug-likeness (QED) is 0.688. The molecule has 2 fully saturated rings. The molecule has 0 bridgehead atoms. The molecule has 2 heterocycles. The minimum atomic E-state index is -5.08. The van der Waals surface area contributed by atoms with Gasteiger partial charge in [0, 0.05) is 32.7 Å². The van der Waals surface area contributed by atoms with E-state index in [4.69, 9.17) is 14.6 Å². The summed E-state index contributed by atoms with van der Waals surface area (Å²) < 4.78 is 51.8. The lowest BCUT2D eigenvalue weighted by molar-refractivity contribution is -0.192. The molecular formula is C20H27F4N3O4. The molecule has 0 radical (unpaired) electrons. The number of carbonyl (C=O) groups is 2. The molecule has 7 nitrogen and oxygen atoms in total. The molecule has 11 heteroatoms. The van der Waals surface area contributed by atoms with Crippen LogP contribution in [-0.4, -0.2) is 84.6 Å². The number of alkyl halides is 4. The van der Waals surface area contributed by atoms with E-state index in [2.05, 4.69) is 10.2 Å². The fraction of sp³-hybridized carbons (Fsp3) is 0.600. The fourth-order valence-electron chi connectivity index (χ4n) is 3.33. The Balaban J connectivity index is 0.000000423. The minimum absolute atomic E-state index is 0.282. The van der Waals surface area contributed by atoms with Gasteiger partial charge in [0.1, 0.15) is 12.3 Å². The van der Waals surface area contributed by atoms with Gasteiger partial charge in [-0.05, 0) is 31.5 Å². The Morgan fingerprint density at radius 3 is 2.13 bits per heavy atom. The predicted octanol–water partition coefficient (Wildman–Crippen LogP) is 2.67. The summed E-state index contributed by atoms with van der Waals surface area (Å²) in [6.45, 7) is 4.88. The Labute approximate surface area is 177 Å². The molecular weight excluding hydrogens is 422 g/mol. The zero-order chi connectivity index (χ0) is 22.9. The second-order valence-electron chi connectivity index (χ2n) is 7.51. The third-order valence-corrected chi connectivity index (χ3v) is 5.08. The average Bonchev–Trinajstić information content (AvgIpc) is 2.73. The molecule has 2 saturated heterocycles. The van der Waals surface area contributed by atoms with Crippen molar-refractivity contribution in [3.8, 4) is 0 Å². The van der Waals surface area contributed by atoms with E-state index in [1.807, 2.05) is 30.3 Å². The first-order chi connectivity index (χ1) is 14.6. The molecule has 2 aliphatic rings. The van der Waals surface area contributed by atoms with E-state index in [0.29, 0.717) is 52.2 Å². The Morgan fingerprint density at radius 1 is 1.06 bits per heavy atom. The van der Waals surface area contributed by atoms with E-state index in [1.54, 1.807) is 4.90 Å². The number of ether oxygens (including phenoxy) is 1. The van der Waals surface area contributed by atoms with Crippen LogP contribution in [0.25, 0.3) is 0 Å². The Bertz CT molecular complexity index is 704. The first-order valence-corrected chi connectivity index (χ1v) is 9.97. The normalized spacial score (nSPS) is 19.2. The van der Waals surface area contributed by atoms with Crippen LogP contribution < -0.4 is 5.32 Å². The van der Waals surface area contributed by atoms with E-state index in [9.17, 15) is 22.4 Å². The molecule has 31 heavy (non-hydrogen) atoms. The first kappa shape index (κ1) is 24.9. The van der Waals surface area contributed by atoms with Gasteiger partial charge in [0.2, 0.25) is 0 Å². The highest BCUT2D eigenvalue weighted by Crippen LogP contribution is 2.25. The van der Waals surface area contributed by atoms with Crippen molar-refractivity contribution >= 4 is 12.1 Å². The van der Waals surface area contributed by atoms with Crippen LogP contribution in [0.2, 0.25) is 0 Å². The van der Waals surface area contributed by atoms with Gasteiger partial charge in [-0.15, -0.1) is 0 Å². The number of carboxylic acid groups (broad SMARTS) is 1. The summed E-state index contributed by atoms with van der Waals surface area (Å²) in [6, 6.07) is 9.66. The molecule has 2 aliphatic heterocycles. The summed E-state index contributed by atoms with van der Waals surface area (Å²) in [6.07, 6.45) is -4.21. The van der Waals surface area contributed by atoms with E-state index >= 15 is 0 Å². The van der Waals surface area contributed by atoms with Crippen molar-refractivity contribution < 1.29 is 37.0 Å². The van der Waals surface area contributed by atoms with Crippen LogP contribution in [0.3, 0.4) is 0 Å². The zero-order valence-electron chi connectivity index (χ0n) is 17.0. The largest absolute Gasteiger partial charge is 0.490 e. The molecule has 3 rings (SSSR count). The summed E-state index contributed by atoms with van der Waals surface area (Å²) in [5.74, 6) is -2.76. The summed E-state index contributed by atoms with van der Waals surface area (Å²) in [5, 5.41) is 10.3. The van der Waals surface area contributed by atoms with Gasteiger partial charge in [-0.2, -0.15) is 13.2 Å². The second-order valence-corrected chi connectivity index (χ2v) is 7.51. The van der Waals surface area contributed by atoms with Crippen LogP contribution in [0.5, 0.6) is 0 Å². The van der Waals surface area contributed by atoms with Crippen LogP contribution >= 0.6 is 0 Å². The predicted molar refractivity (Wildman–Crippen MR) is 104 cm³/mol. The number of halogens is 4. The number of carbonyl (C=O) groups excluding carboxylic acids is 1. The third kappa shape index (κ3) is 8.70. The summed E-state index contributed by atoms with van der Waals surface area (Å²) in [4.78, 5) is 24.9. The van der Waals surface area contributed by atoms with E-state index in [0.717, 1.165) is 18.7 Å². The van der Waals surface area contributed by atoms with Gasteiger partial charge >= 0.3 is 18.2 Å². The Kier molecular flexibility index (Phi) is 9.05. The number of carboxylic acids is 1. The molecule has 0 spiro atoms. The Morgan fingerprint density at radius 2 is 1.61 bits per heavy atom. The standard InChI is InChI=1S/C18H26FN3O2.C2HF3O2/c19-18(6-8-20-9-7-18)15-21-10-12-22(13-11-21)17(23)24-14-16-4-2-1-3-5-16;3-2(4,5)1(6)7/h1-5,20H,6-15H2;(H,6,7). The van der Waals surface area contributed by atoms with E-state index in [-0.39, 0.29) is 6.09 Å². The molecule has 0 unspecified atom stereocenters. The number of piperazine rings is 1.